The fourth-order valence-electron chi connectivity index (χ4n) is 2.81. The summed E-state index contributed by atoms with van der Waals surface area (Å²) in [5, 5.41) is 0. The quantitative estimate of drug-likeness (QED) is 0.700. The van der Waals surface area contributed by atoms with Gasteiger partial charge in [0.1, 0.15) is 0 Å². The van der Waals surface area contributed by atoms with Gasteiger partial charge in [-0.1, -0.05) is 13.8 Å². The molecule has 2 fully saturated rings. The summed E-state index contributed by atoms with van der Waals surface area (Å²) in [6, 6.07) is 1.28. The molecule has 1 aliphatic heterocycles. The van der Waals surface area contributed by atoms with Gasteiger partial charge in [-0.25, -0.2) is 0 Å². The van der Waals surface area contributed by atoms with Gasteiger partial charge in [0.2, 0.25) is 0 Å². The van der Waals surface area contributed by atoms with Crippen molar-refractivity contribution in [3.63, 3.8) is 0 Å². The van der Waals surface area contributed by atoms with Crippen LogP contribution in [0.5, 0.6) is 0 Å². The summed E-state index contributed by atoms with van der Waals surface area (Å²) in [5.41, 5.74) is 6.47. The molecule has 2 aliphatic rings. The highest BCUT2D eigenvalue weighted by molar-refractivity contribution is 5.10. The molecule has 0 aromatic heterocycles. The van der Waals surface area contributed by atoms with Crippen LogP contribution < -0.4 is 5.73 Å². The lowest BCUT2D eigenvalue weighted by Crippen LogP contribution is -2.26. The molecule has 0 spiro atoms. The molecule has 2 N–H and O–H groups in total. The van der Waals surface area contributed by atoms with E-state index in [2.05, 4.69) is 25.8 Å². The normalized spacial score (nSPS) is 43.8. The number of likely N-dealkylation sites (tertiary alicyclic amines) is 1. The Hall–Kier alpha value is -0.0800. The number of hydrogen-bond acceptors (Lipinski definition) is 2. The molecule has 0 aromatic carbocycles. The second-order valence-corrected chi connectivity index (χ2v) is 5.47. The molecule has 1 saturated carbocycles. The maximum absolute atomic E-state index is 6.05. The molecule has 76 valence electrons. The van der Waals surface area contributed by atoms with Gasteiger partial charge in [0.25, 0.3) is 0 Å². The zero-order valence-corrected chi connectivity index (χ0v) is 9.09. The average Bonchev–Trinajstić information content (AvgIpc) is 2.48. The SMILES string of the molecule is CN1CCCC1C[C@@H]1[C@@H](N)C1(C)C. The van der Waals surface area contributed by atoms with E-state index in [-0.39, 0.29) is 0 Å². The second kappa shape index (κ2) is 2.96. The maximum atomic E-state index is 6.05. The Labute approximate surface area is 81.5 Å². The van der Waals surface area contributed by atoms with E-state index in [0.29, 0.717) is 11.5 Å². The van der Waals surface area contributed by atoms with Crippen molar-refractivity contribution >= 4 is 0 Å². The van der Waals surface area contributed by atoms with E-state index < -0.39 is 0 Å². The molecule has 2 heteroatoms. The lowest BCUT2D eigenvalue weighted by atomic mass is 10.0. The number of nitrogens with zero attached hydrogens (tertiary/aromatic N) is 1. The van der Waals surface area contributed by atoms with Crippen molar-refractivity contribution in [1.29, 1.82) is 0 Å². The lowest BCUT2D eigenvalue weighted by Gasteiger charge is -2.19. The summed E-state index contributed by atoms with van der Waals surface area (Å²) in [4.78, 5) is 2.50. The molecule has 3 atom stereocenters. The van der Waals surface area contributed by atoms with Gasteiger partial charge in [-0.2, -0.15) is 0 Å². The molecule has 0 amide bonds. The predicted molar refractivity (Wildman–Crippen MR) is 55.5 cm³/mol. The van der Waals surface area contributed by atoms with Crippen molar-refractivity contribution in [2.24, 2.45) is 17.1 Å². The fraction of sp³-hybridized carbons (Fsp3) is 1.00. The van der Waals surface area contributed by atoms with E-state index >= 15 is 0 Å². The summed E-state index contributed by atoms with van der Waals surface area (Å²) in [6.45, 7) is 5.89. The first kappa shape index (κ1) is 9.47. The molecule has 1 saturated heterocycles. The zero-order chi connectivity index (χ0) is 9.64. The molecule has 1 aliphatic carbocycles. The third kappa shape index (κ3) is 1.50. The van der Waals surface area contributed by atoms with Crippen molar-refractivity contribution in [3.05, 3.63) is 0 Å². The van der Waals surface area contributed by atoms with Crippen LogP contribution in [0.2, 0.25) is 0 Å². The third-order valence-corrected chi connectivity index (χ3v) is 4.34. The summed E-state index contributed by atoms with van der Waals surface area (Å²) in [7, 11) is 2.25. The molecule has 0 bridgehead atoms. The average molecular weight is 182 g/mol. The molecule has 0 radical (unpaired) electrons. The van der Waals surface area contributed by atoms with Gasteiger partial charge >= 0.3 is 0 Å². The minimum absolute atomic E-state index is 0.420. The topological polar surface area (TPSA) is 29.3 Å². The molecule has 1 unspecified atom stereocenters. The standard InChI is InChI=1S/C11H22N2/c1-11(2)9(10(11)12)7-8-5-4-6-13(8)3/h8-10H,4-7,12H2,1-3H3/t8?,9-,10-/m1/s1. The van der Waals surface area contributed by atoms with Crippen LogP contribution in [0.3, 0.4) is 0 Å². The molecule has 2 rings (SSSR count). The number of rotatable bonds is 2. The van der Waals surface area contributed by atoms with Crippen LogP contribution in [0.4, 0.5) is 0 Å². The van der Waals surface area contributed by atoms with Crippen LogP contribution in [-0.4, -0.2) is 30.6 Å². The van der Waals surface area contributed by atoms with Crippen LogP contribution in [0.15, 0.2) is 0 Å². The van der Waals surface area contributed by atoms with Crippen molar-refractivity contribution in [3.8, 4) is 0 Å². The Morgan fingerprint density at radius 2 is 2.08 bits per heavy atom. The van der Waals surface area contributed by atoms with Crippen LogP contribution >= 0.6 is 0 Å². The largest absolute Gasteiger partial charge is 0.327 e. The third-order valence-electron chi connectivity index (χ3n) is 4.34. The van der Waals surface area contributed by atoms with Crippen LogP contribution in [0, 0.1) is 11.3 Å². The minimum atomic E-state index is 0.420. The Kier molecular flexibility index (Phi) is 2.16. The highest BCUT2D eigenvalue weighted by atomic mass is 15.1. The predicted octanol–water partition coefficient (Wildman–Crippen LogP) is 1.45. The van der Waals surface area contributed by atoms with Gasteiger partial charge in [-0.3, -0.25) is 0 Å². The monoisotopic (exact) mass is 182 g/mol. The van der Waals surface area contributed by atoms with Crippen molar-refractivity contribution in [1.82, 2.24) is 4.90 Å². The second-order valence-electron chi connectivity index (χ2n) is 5.47. The smallest absolute Gasteiger partial charge is 0.0128 e. The lowest BCUT2D eigenvalue weighted by molar-refractivity contribution is 0.276. The van der Waals surface area contributed by atoms with Crippen molar-refractivity contribution in [2.45, 2.75) is 45.2 Å². The highest BCUT2D eigenvalue weighted by Crippen LogP contribution is 2.53. The zero-order valence-electron chi connectivity index (χ0n) is 9.09. The molecular formula is C11H22N2. The number of nitrogens with two attached hydrogens (primary N) is 1. The Morgan fingerprint density at radius 1 is 1.46 bits per heavy atom. The molecule has 1 heterocycles. The van der Waals surface area contributed by atoms with Crippen LogP contribution in [0.25, 0.3) is 0 Å². The van der Waals surface area contributed by atoms with E-state index in [1.807, 2.05) is 0 Å². The number of hydrogen-bond donors (Lipinski definition) is 1. The van der Waals surface area contributed by atoms with Gasteiger partial charge in [0, 0.05) is 12.1 Å². The Morgan fingerprint density at radius 3 is 2.46 bits per heavy atom. The van der Waals surface area contributed by atoms with E-state index in [1.54, 1.807) is 0 Å². The van der Waals surface area contributed by atoms with E-state index in [4.69, 9.17) is 5.73 Å². The first-order chi connectivity index (χ1) is 6.03. The van der Waals surface area contributed by atoms with E-state index in [1.165, 1.54) is 25.8 Å². The maximum Gasteiger partial charge on any atom is 0.0128 e. The van der Waals surface area contributed by atoms with E-state index in [0.717, 1.165) is 12.0 Å². The molecule has 13 heavy (non-hydrogen) atoms. The first-order valence-electron chi connectivity index (χ1n) is 5.49. The van der Waals surface area contributed by atoms with Gasteiger partial charge in [-0.15, -0.1) is 0 Å². The van der Waals surface area contributed by atoms with Crippen molar-refractivity contribution in [2.75, 3.05) is 13.6 Å². The molecule has 0 aromatic rings. The van der Waals surface area contributed by atoms with Gasteiger partial charge in [-0.05, 0) is 44.2 Å². The van der Waals surface area contributed by atoms with Crippen molar-refractivity contribution < 1.29 is 0 Å². The van der Waals surface area contributed by atoms with Crippen LogP contribution in [0.1, 0.15) is 33.1 Å². The van der Waals surface area contributed by atoms with Gasteiger partial charge < -0.3 is 10.6 Å². The highest BCUT2D eigenvalue weighted by Gasteiger charge is 2.55. The van der Waals surface area contributed by atoms with Gasteiger partial charge in [0.05, 0.1) is 0 Å². The minimum Gasteiger partial charge on any atom is -0.327 e. The van der Waals surface area contributed by atoms with Gasteiger partial charge in [0.15, 0.2) is 0 Å². The molecular weight excluding hydrogens is 160 g/mol. The summed E-state index contributed by atoms with van der Waals surface area (Å²) < 4.78 is 0. The van der Waals surface area contributed by atoms with Crippen LogP contribution in [-0.2, 0) is 0 Å². The summed E-state index contributed by atoms with van der Waals surface area (Å²) in [5.74, 6) is 0.776. The summed E-state index contributed by atoms with van der Waals surface area (Å²) in [6.07, 6.45) is 4.09. The summed E-state index contributed by atoms with van der Waals surface area (Å²) >= 11 is 0. The van der Waals surface area contributed by atoms with E-state index in [9.17, 15) is 0 Å². The molecule has 2 nitrogen and oxygen atoms in total. The Bertz CT molecular complexity index is 196. The Balaban J connectivity index is 1.86. The first-order valence-corrected chi connectivity index (χ1v) is 5.49. The fourth-order valence-corrected chi connectivity index (χ4v) is 2.81.